The number of benzene rings is 1. The van der Waals surface area contributed by atoms with Gasteiger partial charge in [-0.15, -0.1) is 0 Å². The van der Waals surface area contributed by atoms with Crippen molar-refractivity contribution in [1.82, 2.24) is 10.6 Å². The predicted molar refractivity (Wildman–Crippen MR) is 106 cm³/mol. The van der Waals surface area contributed by atoms with Gasteiger partial charge < -0.3 is 20.5 Å². The molecule has 25 heavy (non-hydrogen) atoms. The van der Waals surface area contributed by atoms with E-state index in [-0.39, 0.29) is 18.6 Å². The van der Waals surface area contributed by atoms with Crippen LogP contribution in [0.5, 0.6) is 5.75 Å². The van der Waals surface area contributed by atoms with Crippen molar-refractivity contribution in [2.45, 2.75) is 59.6 Å². The largest absolute Gasteiger partial charge is 0.490 e. The van der Waals surface area contributed by atoms with Gasteiger partial charge in [-0.05, 0) is 50.9 Å². The zero-order chi connectivity index (χ0) is 18.7. The number of allylic oxidation sites excluding steroid dienone is 1. The molecule has 2 unspecified atom stereocenters. The molecule has 0 aromatic heterocycles. The molecule has 2 atom stereocenters. The first-order valence-electron chi connectivity index (χ1n) is 9.51. The minimum absolute atomic E-state index is 0.0881. The lowest BCUT2D eigenvalue weighted by Gasteiger charge is -2.21. The van der Waals surface area contributed by atoms with Gasteiger partial charge in [0.2, 0.25) is 0 Å². The Labute approximate surface area is 153 Å². The average Bonchev–Trinajstić information content (AvgIpc) is 2.63. The Balaban J connectivity index is 2.77. The molecule has 0 heterocycles. The number of ether oxygens (including phenoxy) is 1. The number of aliphatic hydroxyl groups excluding tert-OH is 1. The maximum atomic E-state index is 9.57. The van der Waals surface area contributed by atoms with Crippen molar-refractivity contribution in [3.05, 3.63) is 41.1 Å². The molecule has 0 amide bonds. The molecule has 0 radical (unpaired) electrons. The van der Waals surface area contributed by atoms with Gasteiger partial charge in [0.05, 0.1) is 12.7 Å². The molecule has 3 N–H and O–H groups in total. The molecule has 0 aliphatic rings. The highest BCUT2D eigenvalue weighted by Gasteiger charge is 2.13. The van der Waals surface area contributed by atoms with Crippen LogP contribution in [-0.4, -0.2) is 31.4 Å². The third-order valence-corrected chi connectivity index (χ3v) is 4.53. The summed E-state index contributed by atoms with van der Waals surface area (Å²) in [5.41, 5.74) is 3.43. The SMILES string of the molecule is C/C=C(\NCc1ccc(C)c(OC(CC)CCC)c1)C(CO)CNC. The second-order valence-electron chi connectivity index (χ2n) is 6.57. The zero-order valence-electron chi connectivity index (χ0n) is 16.6. The lowest BCUT2D eigenvalue weighted by atomic mass is 10.1. The molecule has 0 saturated carbocycles. The first-order chi connectivity index (χ1) is 12.1. The fraction of sp³-hybridized carbons (Fsp3) is 0.619. The van der Waals surface area contributed by atoms with E-state index < -0.39 is 0 Å². The van der Waals surface area contributed by atoms with Gasteiger partial charge in [-0.25, -0.2) is 0 Å². The van der Waals surface area contributed by atoms with Gasteiger partial charge in [0.1, 0.15) is 5.75 Å². The monoisotopic (exact) mass is 348 g/mol. The van der Waals surface area contributed by atoms with E-state index in [1.54, 1.807) is 0 Å². The lowest BCUT2D eigenvalue weighted by molar-refractivity contribution is 0.184. The molecule has 4 nitrogen and oxygen atoms in total. The molecular formula is C21H36N2O2. The minimum Gasteiger partial charge on any atom is -0.490 e. The van der Waals surface area contributed by atoms with Crippen LogP contribution in [0.4, 0.5) is 0 Å². The third-order valence-electron chi connectivity index (χ3n) is 4.53. The molecule has 0 aliphatic carbocycles. The molecule has 1 rings (SSSR count). The van der Waals surface area contributed by atoms with Gasteiger partial charge in [0.25, 0.3) is 0 Å². The smallest absolute Gasteiger partial charge is 0.122 e. The van der Waals surface area contributed by atoms with Crippen molar-refractivity contribution >= 4 is 0 Å². The molecule has 1 aromatic carbocycles. The summed E-state index contributed by atoms with van der Waals surface area (Å²) >= 11 is 0. The lowest BCUT2D eigenvalue weighted by Crippen LogP contribution is -2.30. The molecular weight excluding hydrogens is 312 g/mol. The quantitative estimate of drug-likeness (QED) is 0.538. The molecule has 0 bridgehead atoms. The van der Waals surface area contributed by atoms with E-state index in [4.69, 9.17) is 4.74 Å². The van der Waals surface area contributed by atoms with Crippen molar-refractivity contribution in [2.75, 3.05) is 20.2 Å². The van der Waals surface area contributed by atoms with E-state index in [0.29, 0.717) is 0 Å². The third kappa shape index (κ3) is 7.09. The molecule has 0 saturated heterocycles. The summed E-state index contributed by atoms with van der Waals surface area (Å²) in [4.78, 5) is 0. The van der Waals surface area contributed by atoms with Crippen LogP contribution < -0.4 is 15.4 Å². The van der Waals surface area contributed by atoms with Crippen molar-refractivity contribution in [2.24, 2.45) is 5.92 Å². The van der Waals surface area contributed by atoms with E-state index >= 15 is 0 Å². The first-order valence-corrected chi connectivity index (χ1v) is 9.51. The number of hydrogen-bond acceptors (Lipinski definition) is 4. The van der Waals surface area contributed by atoms with Crippen LogP contribution >= 0.6 is 0 Å². The molecule has 4 heteroatoms. The molecule has 0 fully saturated rings. The second-order valence-corrected chi connectivity index (χ2v) is 6.57. The molecule has 0 spiro atoms. The Morgan fingerprint density at radius 3 is 2.64 bits per heavy atom. The van der Waals surface area contributed by atoms with Crippen LogP contribution in [0, 0.1) is 12.8 Å². The summed E-state index contributed by atoms with van der Waals surface area (Å²) in [6.07, 6.45) is 5.58. The first kappa shape index (κ1) is 21.5. The summed E-state index contributed by atoms with van der Waals surface area (Å²) < 4.78 is 6.22. The maximum Gasteiger partial charge on any atom is 0.122 e. The Morgan fingerprint density at radius 2 is 2.08 bits per heavy atom. The summed E-state index contributed by atoms with van der Waals surface area (Å²) in [6, 6.07) is 6.40. The van der Waals surface area contributed by atoms with E-state index in [2.05, 4.69) is 49.6 Å². The zero-order valence-corrected chi connectivity index (χ0v) is 16.6. The van der Waals surface area contributed by atoms with Gasteiger partial charge in [-0.2, -0.15) is 0 Å². The summed E-state index contributed by atoms with van der Waals surface area (Å²) in [6.45, 7) is 10.1. The van der Waals surface area contributed by atoms with E-state index in [1.165, 1.54) is 11.1 Å². The summed E-state index contributed by atoms with van der Waals surface area (Å²) in [5, 5.41) is 16.2. The molecule has 142 valence electrons. The fourth-order valence-electron chi connectivity index (χ4n) is 2.93. The van der Waals surface area contributed by atoms with Crippen molar-refractivity contribution in [3.8, 4) is 5.75 Å². The van der Waals surface area contributed by atoms with Gasteiger partial charge in [-0.3, -0.25) is 0 Å². The number of rotatable bonds is 12. The highest BCUT2D eigenvalue weighted by Crippen LogP contribution is 2.23. The highest BCUT2D eigenvalue weighted by molar-refractivity contribution is 5.37. The Bertz CT molecular complexity index is 529. The van der Waals surface area contributed by atoms with Gasteiger partial charge in [-0.1, -0.05) is 38.5 Å². The predicted octanol–water partition coefficient (Wildman–Crippen LogP) is 3.77. The molecule has 1 aromatic rings. The van der Waals surface area contributed by atoms with Crippen molar-refractivity contribution in [1.29, 1.82) is 0 Å². The standard InChI is InChI=1S/C21H36N2O2/c1-6-9-19(7-2)25-21-12-17(11-10-16(21)4)13-23-20(8-3)18(15-24)14-22-5/h8,10-12,18-19,22-24H,6-7,9,13-15H2,1-5H3/b20-8-. The molecule has 0 aliphatic heterocycles. The number of aliphatic hydroxyl groups is 1. The van der Waals surface area contributed by atoms with Crippen LogP contribution in [0.2, 0.25) is 0 Å². The average molecular weight is 349 g/mol. The van der Waals surface area contributed by atoms with E-state index in [1.807, 2.05) is 20.0 Å². The Morgan fingerprint density at radius 1 is 1.32 bits per heavy atom. The number of aryl methyl sites for hydroxylation is 1. The van der Waals surface area contributed by atoms with Gasteiger partial charge in [0.15, 0.2) is 0 Å². The highest BCUT2D eigenvalue weighted by atomic mass is 16.5. The van der Waals surface area contributed by atoms with E-state index in [0.717, 1.165) is 43.8 Å². The minimum atomic E-state index is 0.0881. The Kier molecular flexibility index (Phi) is 10.3. The summed E-state index contributed by atoms with van der Waals surface area (Å²) in [7, 11) is 1.90. The van der Waals surface area contributed by atoms with Crippen LogP contribution in [0.25, 0.3) is 0 Å². The Hall–Kier alpha value is -1.52. The number of hydrogen-bond donors (Lipinski definition) is 3. The van der Waals surface area contributed by atoms with Crippen LogP contribution in [0.15, 0.2) is 30.0 Å². The van der Waals surface area contributed by atoms with Gasteiger partial charge >= 0.3 is 0 Å². The van der Waals surface area contributed by atoms with Crippen LogP contribution in [-0.2, 0) is 6.54 Å². The fourth-order valence-corrected chi connectivity index (χ4v) is 2.93. The van der Waals surface area contributed by atoms with Crippen molar-refractivity contribution in [3.63, 3.8) is 0 Å². The topological polar surface area (TPSA) is 53.5 Å². The maximum absolute atomic E-state index is 9.57. The van der Waals surface area contributed by atoms with E-state index in [9.17, 15) is 5.11 Å². The summed E-state index contributed by atoms with van der Waals surface area (Å²) in [5.74, 6) is 1.07. The van der Waals surface area contributed by atoms with Crippen LogP contribution in [0.3, 0.4) is 0 Å². The second kappa shape index (κ2) is 11.9. The normalized spacial score (nSPS) is 14.2. The van der Waals surface area contributed by atoms with Crippen LogP contribution in [0.1, 0.15) is 51.2 Å². The van der Waals surface area contributed by atoms with Crippen molar-refractivity contribution < 1.29 is 9.84 Å². The number of nitrogens with one attached hydrogen (secondary N) is 2. The van der Waals surface area contributed by atoms with Gasteiger partial charge in [0, 0.05) is 24.7 Å².